The largest absolute Gasteiger partial charge is 0.334 e. The molecule has 1 aromatic rings. The van der Waals surface area contributed by atoms with Gasteiger partial charge in [0.05, 0.1) is 5.69 Å². The minimum Gasteiger partial charge on any atom is -0.334 e. The average molecular weight is 263 g/mol. The lowest BCUT2D eigenvalue weighted by Gasteiger charge is -2.23. The summed E-state index contributed by atoms with van der Waals surface area (Å²) >= 11 is 0. The number of likely N-dealkylation sites (tertiary alicyclic amines) is 1. The smallest absolute Gasteiger partial charge is 0.272 e. The van der Waals surface area contributed by atoms with Gasteiger partial charge in [0.2, 0.25) is 0 Å². The Kier molecular flexibility index (Phi) is 4.02. The fourth-order valence-electron chi connectivity index (χ4n) is 2.69. The van der Waals surface area contributed by atoms with Gasteiger partial charge in [-0.25, -0.2) is 0 Å². The Labute approximate surface area is 113 Å². The molecule has 0 aliphatic carbocycles. The van der Waals surface area contributed by atoms with Gasteiger partial charge in [0.25, 0.3) is 5.91 Å². The van der Waals surface area contributed by atoms with Crippen molar-refractivity contribution in [2.45, 2.75) is 45.6 Å². The summed E-state index contributed by atoms with van der Waals surface area (Å²) in [6.45, 7) is 4.34. The Morgan fingerprint density at radius 1 is 1.47 bits per heavy atom. The van der Waals surface area contributed by atoms with E-state index in [4.69, 9.17) is 0 Å². The maximum Gasteiger partial charge on any atom is 0.272 e. The molecule has 2 heterocycles. The molecule has 1 aliphatic heterocycles. The standard InChI is InChI=1S/C14H21N3O2/c1-4-11-9-13(16(3)15-11)14(19)17-7-5-6-12(17)8-10(2)18/h9,12H,4-8H2,1-3H3. The number of amides is 1. The molecule has 1 saturated heterocycles. The number of carbonyl (C=O) groups is 2. The van der Waals surface area contributed by atoms with Crippen LogP contribution in [0, 0.1) is 0 Å². The highest BCUT2D eigenvalue weighted by molar-refractivity contribution is 5.93. The van der Waals surface area contributed by atoms with Gasteiger partial charge in [0.1, 0.15) is 11.5 Å². The molecular formula is C14H21N3O2. The Bertz CT molecular complexity index is 493. The van der Waals surface area contributed by atoms with E-state index < -0.39 is 0 Å². The number of hydrogen-bond donors (Lipinski definition) is 0. The number of Topliss-reactive ketones (excluding diaryl/α,β-unsaturated/α-hetero) is 1. The number of carbonyl (C=O) groups excluding carboxylic acids is 2. The molecule has 0 radical (unpaired) electrons. The van der Waals surface area contributed by atoms with Crippen molar-refractivity contribution >= 4 is 11.7 Å². The molecule has 1 unspecified atom stereocenters. The second-order valence-electron chi connectivity index (χ2n) is 5.20. The van der Waals surface area contributed by atoms with Gasteiger partial charge in [-0.2, -0.15) is 5.10 Å². The van der Waals surface area contributed by atoms with Crippen LogP contribution in [0.3, 0.4) is 0 Å². The highest BCUT2D eigenvalue weighted by Gasteiger charge is 2.31. The van der Waals surface area contributed by atoms with Crippen molar-refractivity contribution in [3.63, 3.8) is 0 Å². The molecule has 1 aromatic heterocycles. The summed E-state index contributed by atoms with van der Waals surface area (Å²) < 4.78 is 1.64. The number of aryl methyl sites for hydroxylation is 2. The lowest BCUT2D eigenvalue weighted by molar-refractivity contribution is -0.117. The highest BCUT2D eigenvalue weighted by atomic mass is 16.2. The number of rotatable bonds is 4. The van der Waals surface area contributed by atoms with Gasteiger partial charge in [0, 0.05) is 26.1 Å². The monoisotopic (exact) mass is 263 g/mol. The van der Waals surface area contributed by atoms with Crippen LogP contribution in [0.25, 0.3) is 0 Å². The van der Waals surface area contributed by atoms with Crippen LogP contribution >= 0.6 is 0 Å². The van der Waals surface area contributed by atoms with E-state index in [1.807, 2.05) is 17.9 Å². The first-order valence-electron chi connectivity index (χ1n) is 6.86. The van der Waals surface area contributed by atoms with Gasteiger partial charge in [0.15, 0.2) is 0 Å². The summed E-state index contributed by atoms with van der Waals surface area (Å²) in [4.78, 5) is 25.6. The van der Waals surface area contributed by atoms with E-state index in [1.165, 1.54) is 0 Å². The summed E-state index contributed by atoms with van der Waals surface area (Å²) in [6, 6.07) is 1.91. The predicted octanol–water partition coefficient (Wildman–Crippen LogP) is 1.57. The second-order valence-corrected chi connectivity index (χ2v) is 5.20. The lowest BCUT2D eigenvalue weighted by atomic mass is 10.1. The summed E-state index contributed by atoms with van der Waals surface area (Å²) in [6.07, 6.45) is 3.17. The zero-order chi connectivity index (χ0) is 14.0. The molecule has 2 rings (SSSR count). The van der Waals surface area contributed by atoms with Crippen LogP contribution in [0.1, 0.15) is 49.3 Å². The molecule has 1 atom stereocenters. The van der Waals surface area contributed by atoms with Crippen molar-refractivity contribution in [1.82, 2.24) is 14.7 Å². The zero-order valence-electron chi connectivity index (χ0n) is 11.8. The molecular weight excluding hydrogens is 242 g/mol. The molecule has 0 bridgehead atoms. The third-order valence-corrected chi connectivity index (χ3v) is 3.67. The predicted molar refractivity (Wildman–Crippen MR) is 71.9 cm³/mol. The van der Waals surface area contributed by atoms with Gasteiger partial charge in [-0.05, 0) is 32.3 Å². The minimum atomic E-state index is -0.00144. The quantitative estimate of drug-likeness (QED) is 0.828. The molecule has 0 spiro atoms. The molecule has 0 N–H and O–H groups in total. The van der Waals surface area contributed by atoms with Gasteiger partial charge in [-0.1, -0.05) is 6.92 Å². The maximum atomic E-state index is 12.5. The molecule has 1 fully saturated rings. The zero-order valence-corrected chi connectivity index (χ0v) is 11.8. The first-order valence-corrected chi connectivity index (χ1v) is 6.86. The fraction of sp³-hybridized carbons (Fsp3) is 0.643. The van der Waals surface area contributed by atoms with Crippen LogP contribution in [0.4, 0.5) is 0 Å². The van der Waals surface area contributed by atoms with Crippen LogP contribution in [0.15, 0.2) is 6.07 Å². The van der Waals surface area contributed by atoms with Crippen molar-refractivity contribution < 1.29 is 9.59 Å². The summed E-state index contributed by atoms with van der Waals surface area (Å²) in [5.41, 5.74) is 1.54. The van der Waals surface area contributed by atoms with E-state index in [0.717, 1.165) is 31.5 Å². The van der Waals surface area contributed by atoms with Crippen LogP contribution in [0.5, 0.6) is 0 Å². The minimum absolute atomic E-state index is 0.00144. The van der Waals surface area contributed by atoms with E-state index in [0.29, 0.717) is 12.1 Å². The molecule has 5 heteroatoms. The van der Waals surface area contributed by atoms with Crippen molar-refractivity contribution in [2.75, 3.05) is 6.54 Å². The third kappa shape index (κ3) is 2.85. The fourth-order valence-corrected chi connectivity index (χ4v) is 2.69. The van der Waals surface area contributed by atoms with Crippen molar-refractivity contribution in [2.24, 2.45) is 7.05 Å². The summed E-state index contributed by atoms with van der Waals surface area (Å²) in [5.74, 6) is 0.141. The molecule has 0 saturated carbocycles. The molecule has 1 amide bonds. The van der Waals surface area contributed by atoms with Crippen LogP contribution < -0.4 is 0 Å². The van der Waals surface area contributed by atoms with E-state index in [-0.39, 0.29) is 17.7 Å². The van der Waals surface area contributed by atoms with Crippen LogP contribution in [-0.2, 0) is 18.3 Å². The second kappa shape index (κ2) is 5.55. The molecule has 5 nitrogen and oxygen atoms in total. The van der Waals surface area contributed by atoms with Crippen molar-refractivity contribution in [3.8, 4) is 0 Å². The van der Waals surface area contributed by atoms with E-state index in [2.05, 4.69) is 5.10 Å². The van der Waals surface area contributed by atoms with E-state index in [9.17, 15) is 9.59 Å². The summed E-state index contributed by atoms with van der Waals surface area (Å²) in [5, 5.41) is 4.31. The SMILES string of the molecule is CCc1cc(C(=O)N2CCCC2CC(C)=O)n(C)n1. The first-order chi connectivity index (χ1) is 9.02. The number of aromatic nitrogens is 2. The van der Waals surface area contributed by atoms with Gasteiger partial charge in [-0.3, -0.25) is 14.3 Å². The van der Waals surface area contributed by atoms with E-state index in [1.54, 1.807) is 18.7 Å². The third-order valence-electron chi connectivity index (χ3n) is 3.67. The average Bonchev–Trinajstić information content (AvgIpc) is 2.94. The molecule has 104 valence electrons. The Morgan fingerprint density at radius 3 is 2.79 bits per heavy atom. The van der Waals surface area contributed by atoms with E-state index >= 15 is 0 Å². The topological polar surface area (TPSA) is 55.2 Å². The van der Waals surface area contributed by atoms with Crippen molar-refractivity contribution in [3.05, 3.63) is 17.5 Å². The number of hydrogen-bond acceptors (Lipinski definition) is 3. The van der Waals surface area contributed by atoms with Gasteiger partial charge in [-0.15, -0.1) is 0 Å². The normalized spacial score (nSPS) is 18.9. The Hall–Kier alpha value is -1.65. The van der Waals surface area contributed by atoms with Gasteiger partial charge < -0.3 is 4.90 Å². The lowest BCUT2D eigenvalue weighted by Crippen LogP contribution is -2.37. The van der Waals surface area contributed by atoms with Gasteiger partial charge >= 0.3 is 0 Å². The number of nitrogens with zero attached hydrogens (tertiary/aromatic N) is 3. The van der Waals surface area contributed by atoms with Crippen molar-refractivity contribution in [1.29, 1.82) is 0 Å². The highest BCUT2D eigenvalue weighted by Crippen LogP contribution is 2.23. The summed E-state index contributed by atoms with van der Waals surface area (Å²) in [7, 11) is 1.79. The Morgan fingerprint density at radius 2 is 2.21 bits per heavy atom. The molecule has 19 heavy (non-hydrogen) atoms. The molecule has 0 aromatic carbocycles. The maximum absolute atomic E-state index is 12.5. The number of ketones is 1. The molecule has 1 aliphatic rings. The first kappa shape index (κ1) is 13.8. The van der Waals surface area contributed by atoms with Crippen LogP contribution in [0.2, 0.25) is 0 Å². The van der Waals surface area contributed by atoms with Crippen LogP contribution in [-0.4, -0.2) is 39.0 Å². The Balaban J connectivity index is 2.18.